The predicted molar refractivity (Wildman–Crippen MR) is 94.3 cm³/mol. The number of nitrogens with one attached hydrogen (secondary N) is 1. The second kappa shape index (κ2) is 6.55. The number of nitro groups is 1. The van der Waals surface area contributed by atoms with E-state index in [0.29, 0.717) is 5.56 Å². The molecular weight excluding hydrogens is 342 g/mol. The number of hydrazone groups is 1. The molecule has 132 valence electrons. The molecule has 0 amide bonds. The number of non-ortho nitro benzene ring substituents is 1. The number of hydrogen-bond acceptors (Lipinski definition) is 8. The number of nitrogens with zero attached hydrogens (tertiary/aromatic N) is 6. The lowest BCUT2D eigenvalue weighted by Crippen LogP contribution is -2.37. The van der Waals surface area contributed by atoms with Gasteiger partial charge < -0.3 is 0 Å². The van der Waals surface area contributed by atoms with E-state index in [4.69, 9.17) is 0 Å². The van der Waals surface area contributed by atoms with Crippen LogP contribution in [0.5, 0.6) is 0 Å². The Morgan fingerprint density at radius 2 is 1.88 bits per heavy atom. The molecule has 11 heteroatoms. The highest BCUT2D eigenvalue weighted by Gasteiger charge is 2.11. The molecule has 0 fully saturated rings. The van der Waals surface area contributed by atoms with Crippen molar-refractivity contribution in [2.45, 2.75) is 0 Å². The van der Waals surface area contributed by atoms with Gasteiger partial charge in [-0.15, -0.1) is 0 Å². The van der Waals surface area contributed by atoms with E-state index in [1.807, 2.05) is 0 Å². The summed E-state index contributed by atoms with van der Waals surface area (Å²) in [5.41, 5.74) is 2.40. The second-order valence-electron chi connectivity index (χ2n) is 5.35. The van der Waals surface area contributed by atoms with Crippen molar-refractivity contribution in [2.75, 3.05) is 5.43 Å². The number of fused-ring (bicyclic) bond motifs is 1. The molecule has 0 saturated heterocycles. The summed E-state index contributed by atoms with van der Waals surface area (Å²) in [7, 11) is 2.86. The van der Waals surface area contributed by atoms with Crippen molar-refractivity contribution >= 4 is 28.9 Å². The molecule has 1 N–H and O–H groups in total. The van der Waals surface area contributed by atoms with Gasteiger partial charge in [0, 0.05) is 26.2 Å². The minimum atomic E-state index is -0.557. The van der Waals surface area contributed by atoms with Crippen molar-refractivity contribution in [3.8, 4) is 0 Å². The molecule has 0 saturated carbocycles. The molecule has 1 aromatic carbocycles. The summed E-state index contributed by atoms with van der Waals surface area (Å²) in [6, 6.07) is 5.81. The van der Waals surface area contributed by atoms with Crippen LogP contribution in [0.4, 0.5) is 11.5 Å². The fourth-order valence-corrected chi connectivity index (χ4v) is 2.24. The number of anilines is 1. The van der Waals surface area contributed by atoms with Gasteiger partial charge in [-0.3, -0.25) is 29.5 Å². The van der Waals surface area contributed by atoms with Crippen LogP contribution >= 0.6 is 0 Å². The Bertz CT molecular complexity index is 1150. The molecule has 11 nitrogen and oxygen atoms in total. The second-order valence-corrected chi connectivity index (χ2v) is 5.35. The minimum Gasteiger partial charge on any atom is -0.279 e. The number of benzene rings is 1. The monoisotopic (exact) mass is 355 g/mol. The van der Waals surface area contributed by atoms with Gasteiger partial charge in [-0.1, -0.05) is 0 Å². The third kappa shape index (κ3) is 3.05. The zero-order valence-electron chi connectivity index (χ0n) is 13.8. The number of rotatable bonds is 4. The van der Waals surface area contributed by atoms with E-state index < -0.39 is 16.2 Å². The lowest BCUT2D eigenvalue weighted by Gasteiger charge is -2.06. The molecule has 3 rings (SSSR count). The van der Waals surface area contributed by atoms with E-state index in [1.165, 1.54) is 43.2 Å². The van der Waals surface area contributed by atoms with Gasteiger partial charge in [0.2, 0.25) is 0 Å². The fourth-order valence-electron chi connectivity index (χ4n) is 2.24. The SMILES string of the molecule is Cn1c(=O)c2nc(N/N=C\c3ccc([N+](=O)[O-])cc3)cnc2n(C)c1=O. The third-order valence-electron chi connectivity index (χ3n) is 3.65. The van der Waals surface area contributed by atoms with Crippen LogP contribution in [0.1, 0.15) is 5.56 Å². The Morgan fingerprint density at radius 1 is 1.19 bits per heavy atom. The lowest BCUT2D eigenvalue weighted by molar-refractivity contribution is -0.384. The van der Waals surface area contributed by atoms with Gasteiger partial charge in [-0.05, 0) is 17.7 Å². The van der Waals surface area contributed by atoms with Gasteiger partial charge in [0.25, 0.3) is 11.2 Å². The summed E-state index contributed by atoms with van der Waals surface area (Å²) in [5.74, 6) is 0.214. The van der Waals surface area contributed by atoms with E-state index in [9.17, 15) is 19.7 Å². The van der Waals surface area contributed by atoms with Crippen LogP contribution in [0.25, 0.3) is 11.2 Å². The van der Waals surface area contributed by atoms with Gasteiger partial charge in [0.05, 0.1) is 17.3 Å². The standard InChI is InChI=1S/C15H13N7O4/c1-20-13-12(14(23)21(2)15(20)24)18-11(8-16-13)19-17-7-9-3-5-10(6-4-9)22(25)26/h3-8H,1-2H3,(H,18,19)/b17-7-. The first kappa shape index (κ1) is 17.0. The van der Waals surface area contributed by atoms with Gasteiger partial charge >= 0.3 is 5.69 Å². The Hall–Kier alpha value is -3.89. The molecule has 0 radical (unpaired) electrons. The maximum absolute atomic E-state index is 12.2. The van der Waals surface area contributed by atoms with E-state index in [1.54, 1.807) is 12.1 Å². The molecule has 0 unspecified atom stereocenters. The average molecular weight is 355 g/mol. The predicted octanol–water partition coefficient (Wildman–Crippen LogP) is 0.381. The van der Waals surface area contributed by atoms with Crippen LogP contribution in [-0.2, 0) is 14.1 Å². The normalized spacial score (nSPS) is 11.2. The van der Waals surface area contributed by atoms with E-state index in [0.717, 1.165) is 4.57 Å². The van der Waals surface area contributed by atoms with Crippen LogP contribution in [0.2, 0.25) is 0 Å². The Balaban J connectivity index is 1.86. The van der Waals surface area contributed by atoms with Crippen molar-refractivity contribution in [3.63, 3.8) is 0 Å². The number of hydrogen-bond donors (Lipinski definition) is 1. The summed E-state index contributed by atoms with van der Waals surface area (Å²) in [4.78, 5) is 42.4. The largest absolute Gasteiger partial charge is 0.332 e. The highest BCUT2D eigenvalue weighted by Crippen LogP contribution is 2.11. The molecule has 26 heavy (non-hydrogen) atoms. The van der Waals surface area contributed by atoms with Crippen LogP contribution in [-0.4, -0.2) is 30.2 Å². The molecule has 0 aliphatic rings. The van der Waals surface area contributed by atoms with Gasteiger partial charge in [0.1, 0.15) is 0 Å². The summed E-state index contributed by atoms with van der Waals surface area (Å²) < 4.78 is 2.18. The highest BCUT2D eigenvalue weighted by atomic mass is 16.6. The van der Waals surface area contributed by atoms with Crippen LogP contribution in [0, 0.1) is 10.1 Å². The molecule has 0 aliphatic heterocycles. The topological polar surface area (TPSA) is 137 Å². The van der Waals surface area contributed by atoms with E-state index in [-0.39, 0.29) is 22.7 Å². The molecule has 0 aliphatic carbocycles. The van der Waals surface area contributed by atoms with E-state index >= 15 is 0 Å². The van der Waals surface area contributed by atoms with Gasteiger partial charge in [-0.2, -0.15) is 5.10 Å². The molecule has 0 bridgehead atoms. The van der Waals surface area contributed by atoms with Gasteiger partial charge in [-0.25, -0.2) is 14.8 Å². The maximum atomic E-state index is 12.2. The minimum absolute atomic E-state index is 0.0167. The Labute approximate surface area is 145 Å². The Morgan fingerprint density at radius 3 is 2.54 bits per heavy atom. The number of nitro benzene ring substituents is 1. The van der Waals surface area contributed by atoms with Crippen LogP contribution < -0.4 is 16.7 Å². The van der Waals surface area contributed by atoms with E-state index in [2.05, 4.69) is 20.5 Å². The van der Waals surface area contributed by atoms with Crippen molar-refractivity contribution in [2.24, 2.45) is 19.2 Å². The van der Waals surface area contributed by atoms with Crippen molar-refractivity contribution in [3.05, 3.63) is 67.0 Å². The molecule has 0 atom stereocenters. The maximum Gasteiger partial charge on any atom is 0.332 e. The first-order chi connectivity index (χ1) is 12.4. The third-order valence-corrected chi connectivity index (χ3v) is 3.65. The quantitative estimate of drug-likeness (QED) is 0.406. The fraction of sp³-hybridized carbons (Fsp3) is 0.133. The summed E-state index contributed by atoms with van der Waals surface area (Å²) in [5, 5.41) is 14.6. The molecule has 2 aromatic heterocycles. The number of aromatic nitrogens is 4. The zero-order chi connectivity index (χ0) is 18.8. The van der Waals surface area contributed by atoms with Crippen LogP contribution in [0.15, 0.2) is 45.2 Å². The smallest absolute Gasteiger partial charge is 0.279 e. The summed E-state index contributed by atoms with van der Waals surface area (Å²) in [6.45, 7) is 0. The first-order valence-corrected chi connectivity index (χ1v) is 7.35. The average Bonchev–Trinajstić information content (AvgIpc) is 2.65. The highest BCUT2D eigenvalue weighted by molar-refractivity contribution is 5.80. The summed E-state index contributed by atoms with van der Waals surface area (Å²) >= 11 is 0. The summed E-state index contributed by atoms with van der Waals surface area (Å²) in [6.07, 6.45) is 2.78. The zero-order valence-corrected chi connectivity index (χ0v) is 13.8. The lowest BCUT2D eigenvalue weighted by atomic mass is 10.2. The van der Waals surface area contributed by atoms with Gasteiger partial charge in [0.15, 0.2) is 17.0 Å². The van der Waals surface area contributed by atoms with Crippen LogP contribution in [0.3, 0.4) is 0 Å². The first-order valence-electron chi connectivity index (χ1n) is 7.35. The molecule has 3 aromatic rings. The van der Waals surface area contributed by atoms with Crippen molar-refractivity contribution in [1.29, 1.82) is 0 Å². The molecular formula is C15H13N7O4. The molecule has 0 spiro atoms. The van der Waals surface area contributed by atoms with Crippen molar-refractivity contribution < 1.29 is 4.92 Å². The number of aryl methyl sites for hydroxylation is 1. The van der Waals surface area contributed by atoms with Crippen molar-refractivity contribution in [1.82, 2.24) is 19.1 Å². The molecule has 2 heterocycles. The Kier molecular flexibility index (Phi) is 4.27.